The summed E-state index contributed by atoms with van der Waals surface area (Å²) >= 11 is 1.43. The van der Waals surface area contributed by atoms with Crippen LogP contribution in [0.4, 0.5) is 0 Å². The highest BCUT2D eigenvalue weighted by Gasteiger charge is 2.31. The summed E-state index contributed by atoms with van der Waals surface area (Å²) in [7, 11) is 1.87. The summed E-state index contributed by atoms with van der Waals surface area (Å²) in [6, 6.07) is 3.91. The van der Waals surface area contributed by atoms with Gasteiger partial charge in [-0.2, -0.15) is 5.10 Å². The second-order valence-corrected chi connectivity index (χ2v) is 7.34. The number of hydrogen-bond acceptors (Lipinski definition) is 6. The Kier molecular flexibility index (Phi) is 4.52. The minimum Gasteiger partial charge on any atom is -0.328 e. The van der Waals surface area contributed by atoms with Crippen LogP contribution in [0.5, 0.6) is 0 Å². The molecule has 134 valence electrons. The molecule has 7 nitrogen and oxygen atoms in total. The largest absolute Gasteiger partial charge is 0.328 e. The van der Waals surface area contributed by atoms with E-state index in [1.807, 2.05) is 43.4 Å². The zero-order valence-electron chi connectivity index (χ0n) is 14.7. The lowest BCUT2D eigenvalue weighted by Gasteiger charge is -2.36. The Morgan fingerprint density at radius 2 is 2.27 bits per heavy atom. The van der Waals surface area contributed by atoms with Crippen molar-refractivity contribution in [2.45, 2.75) is 13.0 Å². The number of thiazole rings is 1. The topological polar surface area (TPSA) is 75.9 Å². The molecule has 1 amide bonds. The molecular formula is C18H20N6OS. The third-order valence-electron chi connectivity index (χ3n) is 4.52. The molecule has 8 heteroatoms. The van der Waals surface area contributed by atoms with Gasteiger partial charge in [0.2, 0.25) is 0 Å². The van der Waals surface area contributed by atoms with Gasteiger partial charge in [0.1, 0.15) is 9.88 Å². The first-order valence-electron chi connectivity index (χ1n) is 8.51. The molecule has 1 atom stereocenters. The lowest BCUT2D eigenvalue weighted by atomic mass is 10.0. The Balaban J connectivity index is 1.65. The summed E-state index contributed by atoms with van der Waals surface area (Å²) < 4.78 is 1.74. The number of amides is 1. The highest BCUT2D eigenvalue weighted by atomic mass is 32.1. The van der Waals surface area contributed by atoms with Gasteiger partial charge < -0.3 is 10.2 Å². The molecule has 0 saturated carbocycles. The second kappa shape index (κ2) is 6.97. The van der Waals surface area contributed by atoms with Crippen LogP contribution in [0.2, 0.25) is 0 Å². The van der Waals surface area contributed by atoms with Crippen molar-refractivity contribution in [3.63, 3.8) is 0 Å². The molecule has 3 aromatic heterocycles. The quantitative estimate of drug-likeness (QED) is 0.766. The third-order valence-corrected chi connectivity index (χ3v) is 5.71. The molecule has 1 aliphatic rings. The number of aromatic nitrogens is 4. The fraction of sp³-hybridized carbons (Fsp3) is 0.333. The molecule has 3 aromatic rings. The summed E-state index contributed by atoms with van der Waals surface area (Å²) in [5.41, 5.74) is 2.74. The van der Waals surface area contributed by atoms with Crippen LogP contribution in [-0.4, -0.2) is 50.2 Å². The number of rotatable bonds is 3. The summed E-state index contributed by atoms with van der Waals surface area (Å²) in [6.45, 7) is 4.07. The van der Waals surface area contributed by atoms with Gasteiger partial charge in [-0.15, -0.1) is 11.3 Å². The van der Waals surface area contributed by atoms with Crippen molar-refractivity contribution in [2.75, 3.05) is 19.6 Å². The minimum atomic E-state index is -0.0201. The summed E-state index contributed by atoms with van der Waals surface area (Å²) in [6.07, 6.45) is 7.27. The number of carbonyl (C=O) groups excluding carboxylic acids is 1. The molecule has 1 aliphatic heterocycles. The standard InChI is InChI=1S/C18H20N6OS/c1-12-16(26-17(22-12)14-9-21-23(2)11-14)18(25)24-7-6-20-10-15(24)13-4-3-5-19-8-13/h3-5,8-9,11,15,20H,6-7,10H2,1-2H3. The van der Waals surface area contributed by atoms with E-state index < -0.39 is 0 Å². The van der Waals surface area contributed by atoms with Gasteiger partial charge in [-0.3, -0.25) is 14.5 Å². The predicted octanol–water partition coefficient (Wildman–Crippen LogP) is 2.03. The number of hydrogen-bond donors (Lipinski definition) is 1. The monoisotopic (exact) mass is 368 g/mol. The maximum absolute atomic E-state index is 13.3. The number of aryl methyl sites for hydroxylation is 2. The van der Waals surface area contributed by atoms with Crippen LogP contribution < -0.4 is 5.32 Å². The van der Waals surface area contributed by atoms with Crippen LogP contribution in [0.15, 0.2) is 36.9 Å². The molecule has 1 fully saturated rings. The number of carbonyl (C=O) groups is 1. The van der Waals surface area contributed by atoms with Crippen LogP contribution in [0.3, 0.4) is 0 Å². The third kappa shape index (κ3) is 3.13. The van der Waals surface area contributed by atoms with E-state index in [-0.39, 0.29) is 11.9 Å². The average Bonchev–Trinajstić information content (AvgIpc) is 3.27. The molecule has 0 radical (unpaired) electrons. The first-order valence-corrected chi connectivity index (χ1v) is 9.33. The van der Waals surface area contributed by atoms with Crippen LogP contribution in [0.25, 0.3) is 10.6 Å². The number of nitrogens with one attached hydrogen (secondary N) is 1. The zero-order chi connectivity index (χ0) is 18.1. The van der Waals surface area contributed by atoms with Crippen molar-refractivity contribution in [1.29, 1.82) is 0 Å². The van der Waals surface area contributed by atoms with Crippen molar-refractivity contribution in [1.82, 2.24) is 30.0 Å². The van der Waals surface area contributed by atoms with Gasteiger partial charge >= 0.3 is 0 Å². The molecular weight excluding hydrogens is 348 g/mol. The van der Waals surface area contributed by atoms with Crippen LogP contribution >= 0.6 is 11.3 Å². The average molecular weight is 368 g/mol. The van der Waals surface area contributed by atoms with Gasteiger partial charge in [0.05, 0.1) is 17.9 Å². The highest BCUT2D eigenvalue weighted by molar-refractivity contribution is 7.17. The van der Waals surface area contributed by atoms with Crippen molar-refractivity contribution in [3.05, 3.63) is 53.1 Å². The van der Waals surface area contributed by atoms with E-state index in [2.05, 4.69) is 20.4 Å². The number of pyridine rings is 1. The fourth-order valence-corrected chi connectivity index (χ4v) is 4.20. The van der Waals surface area contributed by atoms with Gasteiger partial charge in [-0.05, 0) is 18.6 Å². The molecule has 1 unspecified atom stereocenters. The van der Waals surface area contributed by atoms with Gasteiger partial charge in [0.25, 0.3) is 5.91 Å². The second-order valence-electron chi connectivity index (χ2n) is 6.34. The maximum atomic E-state index is 13.3. The molecule has 0 aromatic carbocycles. The van der Waals surface area contributed by atoms with Gasteiger partial charge in [0.15, 0.2) is 0 Å². The highest BCUT2D eigenvalue weighted by Crippen LogP contribution is 2.31. The van der Waals surface area contributed by atoms with Gasteiger partial charge in [-0.25, -0.2) is 4.98 Å². The Bertz CT molecular complexity index is 919. The molecule has 0 aliphatic carbocycles. The number of nitrogens with zero attached hydrogens (tertiary/aromatic N) is 5. The van der Waals surface area contributed by atoms with E-state index >= 15 is 0 Å². The van der Waals surface area contributed by atoms with E-state index in [0.29, 0.717) is 11.4 Å². The van der Waals surface area contributed by atoms with Gasteiger partial charge in [-0.1, -0.05) is 6.07 Å². The van der Waals surface area contributed by atoms with Crippen LogP contribution in [0.1, 0.15) is 27.0 Å². The number of piperazine rings is 1. The SMILES string of the molecule is Cc1nc(-c2cnn(C)c2)sc1C(=O)N1CCNCC1c1cccnc1. The van der Waals surface area contributed by atoms with Crippen LogP contribution in [0, 0.1) is 6.92 Å². The van der Waals surface area contributed by atoms with Crippen molar-refractivity contribution >= 4 is 17.2 Å². The normalized spacial score (nSPS) is 17.5. The Morgan fingerprint density at radius 1 is 1.38 bits per heavy atom. The molecule has 26 heavy (non-hydrogen) atoms. The molecule has 0 spiro atoms. The predicted molar refractivity (Wildman–Crippen MR) is 99.9 cm³/mol. The lowest BCUT2D eigenvalue weighted by molar-refractivity contribution is 0.0638. The minimum absolute atomic E-state index is 0.0201. The summed E-state index contributed by atoms with van der Waals surface area (Å²) in [4.78, 5) is 24.7. The zero-order valence-corrected chi connectivity index (χ0v) is 15.5. The first kappa shape index (κ1) is 16.9. The van der Waals surface area contributed by atoms with Crippen molar-refractivity contribution < 1.29 is 4.79 Å². The molecule has 1 N–H and O–H groups in total. The lowest BCUT2D eigenvalue weighted by Crippen LogP contribution is -2.48. The Labute approximate surface area is 155 Å². The Morgan fingerprint density at radius 3 is 3.00 bits per heavy atom. The summed E-state index contributed by atoms with van der Waals surface area (Å²) in [5.74, 6) is 0.0329. The molecule has 4 heterocycles. The molecule has 1 saturated heterocycles. The van der Waals surface area contributed by atoms with E-state index in [1.54, 1.807) is 17.1 Å². The van der Waals surface area contributed by atoms with E-state index in [4.69, 9.17) is 0 Å². The first-order chi connectivity index (χ1) is 12.6. The van der Waals surface area contributed by atoms with Crippen molar-refractivity contribution in [3.8, 4) is 10.6 Å². The van der Waals surface area contributed by atoms with E-state index in [9.17, 15) is 4.79 Å². The van der Waals surface area contributed by atoms with Crippen molar-refractivity contribution in [2.24, 2.45) is 7.05 Å². The molecule has 4 rings (SSSR count). The van der Waals surface area contributed by atoms with E-state index in [1.165, 1.54) is 11.3 Å². The van der Waals surface area contributed by atoms with Crippen LogP contribution in [-0.2, 0) is 7.05 Å². The fourth-order valence-electron chi connectivity index (χ4n) is 3.20. The van der Waals surface area contributed by atoms with Gasteiger partial charge in [0, 0.05) is 50.8 Å². The Hall–Kier alpha value is -2.58. The summed E-state index contributed by atoms with van der Waals surface area (Å²) in [5, 5.41) is 8.39. The molecule has 0 bridgehead atoms. The maximum Gasteiger partial charge on any atom is 0.266 e. The smallest absolute Gasteiger partial charge is 0.266 e. The van der Waals surface area contributed by atoms with E-state index in [0.717, 1.165) is 34.9 Å².